The van der Waals surface area contributed by atoms with Crippen molar-refractivity contribution in [3.8, 4) is 5.69 Å². The molecule has 0 spiro atoms. The minimum atomic E-state index is -0.510. The summed E-state index contributed by atoms with van der Waals surface area (Å²) in [6, 6.07) is 17.0. The second-order valence-electron chi connectivity index (χ2n) is 7.78. The predicted molar refractivity (Wildman–Crippen MR) is 115 cm³/mol. The number of nitrogens with zero attached hydrogens (tertiary/aromatic N) is 1. The van der Waals surface area contributed by atoms with Crippen LogP contribution in [0.4, 0.5) is 5.82 Å². The van der Waals surface area contributed by atoms with Crippen LogP contribution in [-0.4, -0.2) is 15.3 Å². The van der Waals surface area contributed by atoms with Crippen LogP contribution >= 0.6 is 0 Å². The number of ketones is 1. The molecule has 2 N–H and O–H groups in total. The van der Waals surface area contributed by atoms with Gasteiger partial charge in [-0.2, -0.15) is 0 Å². The van der Waals surface area contributed by atoms with Gasteiger partial charge in [-0.15, -0.1) is 0 Å². The molecule has 2 aromatic carbocycles. The van der Waals surface area contributed by atoms with E-state index in [1.165, 1.54) is 4.57 Å². The fourth-order valence-corrected chi connectivity index (χ4v) is 4.60. The number of nitrogens with one attached hydrogen (secondary N) is 2. The highest BCUT2D eigenvalue weighted by Gasteiger charge is 2.39. The van der Waals surface area contributed by atoms with Gasteiger partial charge >= 0.3 is 5.69 Å². The van der Waals surface area contributed by atoms with E-state index in [0.717, 1.165) is 23.2 Å². The maximum atomic E-state index is 13.1. The fraction of sp³-hybridized carbons (Fsp3) is 0.208. The average Bonchev–Trinajstić information content (AvgIpc) is 2.74. The Morgan fingerprint density at radius 2 is 1.67 bits per heavy atom. The van der Waals surface area contributed by atoms with Gasteiger partial charge in [0, 0.05) is 23.6 Å². The Labute approximate surface area is 172 Å². The lowest BCUT2D eigenvalue weighted by Crippen LogP contribution is -2.39. The number of hydrogen-bond acceptors (Lipinski definition) is 4. The summed E-state index contributed by atoms with van der Waals surface area (Å²) in [7, 11) is 0. The Morgan fingerprint density at radius 1 is 0.933 bits per heavy atom. The van der Waals surface area contributed by atoms with E-state index in [1.807, 2.05) is 61.5 Å². The molecule has 0 amide bonds. The number of aromatic nitrogens is 2. The second-order valence-corrected chi connectivity index (χ2v) is 7.78. The molecule has 0 unspecified atom stereocenters. The topological polar surface area (TPSA) is 84.0 Å². The minimum absolute atomic E-state index is 0.0551. The summed E-state index contributed by atoms with van der Waals surface area (Å²) in [4.78, 5) is 41.4. The molecule has 0 bridgehead atoms. The van der Waals surface area contributed by atoms with Gasteiger partial charge in [-0.3, -0.25) is 14.6 Å². The first-order valence-corrected chi connectivity index (χ1v) is 10.1. The SMILES string of the molecule is Cc1ccccc1[C@@H]1C2=C(CCCC2=O)Nc2c1c(=O)[nH]c(=O)n2-c1ccccc1. The van der Waals surface area contributed by atoms with Crippen molar-refractivity contribution in [1.82, 2.24) is 9.55 Å². The smallest absolute Gasteiger partial charge is 0.334 e. The van der Waals surface area contributed by atoms with Crippen LogP contribution in [0, 0.1) is 6.92 Å². The van der Waals surface area contributed by atoms with Gasteiger partial charge in [0.15, 0.2) is 5.78 Å². The second kappa shape index (κ2) is 6.99. The first-order chi connectivity index (χ1) is 14.6. The molecule has 1 aliphatic heterocycles. The van der Waals surface area contributed by atoms with Crippen molar-refractivity contribution in [2.45, 2.75) is 32.1 Å². The molecule has 3 aromatic rings. The number of Topliss-reactive ketones (excluding diaryl/α,β-unsaturated/α-hetero) is 1. The molecule has 0 saturated heterocycles. The molecule has 0 saturated carbocycles. The lowest BCUT2D eigenvalue weighted by atomic mass is 9.75. The van der Waals surface area contributed by atoms with Crippen molar-refractivity contribution in [3.63, 3.8) is 0 Å². The summed E-state index contributed by atoms with van der Waals surface area (Å²) in [5, 5.41) is 3.30. The number of allylic oxidation sites excluding steroid dienone is 2. The monoisotopic (exact) mass is 399 g/mol. The number of hydrogen-bond donors (Lipinski definition) is 2. The molecule has 6 nitrogen and oxygen atoms in total. The first-order valence-electron chi connectivity index (χ1n) is 10.1. The molecule has 30 heavy (non-hydrogen) atoms. The van der Waals surface area contributed by atoms with Crippen LogP contribution in [0.25, 0.3) is 5.69 Å². The third-order valence-corrected chi connectivity index (χ3v) is 5.96. The Balaban J connectivity index is 1.87. The van der Waals surface area contributed by atoms with Gasteiger partial charge in [-0.25, -0.2) is 9.36 Å². The summed E-state index contributed by atoms with van der Waals surface area (Å²) in [6.45, 7) is 1.98. The molecule has 5 rings (SSSR count). The number of fused-ring (bicyclic) bond motifs is 1. The summed E-state index contributed by atoms with van der Waals surface area (Å²) < 4.78 is 1.49. The van der Waals surface area contributed by atoms with Gasteiger partial charge in [-0.1, -0.05) is 42.5 Å². The van der Waals surface area contributed by atoms with E-state index in [0.29, 0.717) is 35.5 Å². The van der Waals surface area contributed by atoms with E-state index in [-0.39, 0.29) is 5.78 Å². The standard InChI is InChI=1S/C24H21N3O3/c1-14-8-5-6-11-16(14)19-20-17(12-7-13-18(20)28)25-22-21(19)23(29)26-24(30)27(22)15-9-3-2-4-10-15/h2-6,8-11,19,25H,7,12-13H2,1H3,(H,26,29,30)/t19-/m1/s1. The number of H-pyrrole nitrogens is 1. The molecule has 2 aliphatic rings. The molecule has 0 fully saturated rings. The van der Waals surface area contributed by atoms with Gasteiger partial charge in [0.25, 0.3) is 5.56 Å². The van der Waals surface area contributed by atoms with Crippen LogP contribution in [0.1, 0.15) is 41.9 Å². The zero-order chi connectivity index (χ0) is 20.8. The summed E-state index contributed by atoms with van der Waals surface area (Å²) >= 11 is 0. The zero-order valence-electron chi connectivity index (χ0n) is 16.6. The summed E-state index contributed by atoms with van der Waals surface area (Å²) in [5.41, 5.74) is 3.44. The van der Waals surface area contributed by atoms with Crippen molar-refractivity contribution in [1.29, 1.82) is 0 Å². The normalized spacial score (nSPS) is 17.9. The van der Waals surface area contributed by atoms with E-state index >= 15 is 0 Å². The van der Waals surface area contributed by atoms with E-state index in [1.54, 1.807) is 0 Å². The van der Waals surface area contributed by atoms with Crippen molar-refractivity contribution in [2.24, 2.45) is 0 Å². The number of para-hydroxylation sites is 1. The van der Waals surface area contributed by atoms with Gasteiger partial charge < -0.3 is 5.32 Å². The summed E-state index contributed by atoms with van der Waals surface area (Å²) in [6.07, 6.45) is 1.92. The maximum absolute atomic E-state index is 13.1. The van der Waals surface area contributed by atoms with Crippen molar-refractivity contribution in [3.05, 3.63) is 103 Å². The molecular formula is C24H21N3O3. The first kappa shape index (κ1) is 18.4. The largest absolute Gasteiger partial charge is 0.344 e. The third kappa shape index (κ3) is 2.76. The number of carbonyl (C=O) groups is 1. The zero-order valence-corrected chi connectivity index (χ0v) is 16.6. The highest BCUT2D eigenvalue weighted by atomic mass is 16.2. The quantitative estimate of drug-likeness (QED) is 0.692. The summed E-state index contributed by atoms with van der Waals surface area (Å²) in [5.74, 6) is -0.0132. The number of aromatic amines is 1. The lowest BCUT2D eigenvalue weighted by molar-refractivity contribution is -0.116. The van der Waals surface area contributed by atoms with E-state index in [9.17, 15) is 14.4 Å². The molecule has 1 aromatic heterocycles. The van der Waals surface area contributed by atoms with Crippen molar-refractivity contribution in [2.75, 3.05) is 5.32 Å². The van der Waals surface area contributed by atoms with E-state index in [4.69, 9.17) is 0 Å². The van der Waals surface area contributed by atoms with Gasteiger partial charge in [0.05, 0.1) is 11.3 Å². The Hall–Kier alpha value is -3.67. The third-order valence-electron chi connectivity index (χ3n) is 5.96. The highest BCUT2D eigenvalue weighted by molar-refractivity contribution is 6.01. The van der Waals surface area contributed by atoms with Crippen LogP contribution in [0.3, 0.4) is 0 Å². The molecule has 1 aliphatic carbocycles. The van der Waals surface area contributed by atoms with Gasteiger partial charge in [-0.05, 0) is 43.0 Å². The van der Waals surface area contributed by atoms with Crippen LogP contribution in [-0.2, 0) is 4.79 Å². The highest BCUT2D eigenvalue weighted by Crippen LogP contribution is 2.44. The number of rotatable bonds is 2. The number of benzene rings is 2. The predicted octanol–water partition coefficient (Wildman–Crippen LogP) is 3.40. The minimum Gasteiger partial charge on any atom is -0.344 e. The molecule has 6 heteroatoms. The lowest BCUT2D eigenvalue weighted by Gasteiger charge is -2.34. The van der Waals surface area contributed by atoms with Gasteiger partial charge in [0.2, 0.25) is 0 Å². The Morgan fingerprint density at radius 3 is 2.43 bits per heavy atom. The van der Waals surface area contributed by atoms with Crippen molar-refractivity contribution < 1.29 is 4.79 Å². The van der Waals surface area contributed by atoms with E-state index in [2.05, 4.69) is 10.3 Å². The molecular weight excluding hydrogens is 378 g/mol. The molecule has 0 radical (unpaired) electrons. The van der Waals surface area contributed by atoms with Crippen LogP contribution < -0.4 is 16.6 Å². The Kier molecular flexibility index (Phi) is 4.28. The molecule has 150 valence electrons. The average molecular weight is 399 g/mol. The van der Waals surface area contributed by atoms with Crippen LogP contribution in [0.5, 0.6) is 0 Å². The molecule has 2 heterocycles. The van der Waals surface area contributed by atoms with Crippen molar-refractivity contribution >= 4 is 11.6 Å². The van der Waals surface area contributed by atoms with Crippen LogP contribution in [0.2, 0.25) is 0 Å². The molecule has 1 atom stereocenters. The van der Waals surface area contributed by atoms with Crippen LogP contribution in [0.15, 0.2) is 75.5 Å². The fourth-order valence-electron chi connectivity index (χ4n) is 4.60. The van der Waals surface area contributed by atoms with E-state index < -0.39 is 17.2 Å². The number of carbonyl (C=O) groups excluding carboxylic acids is 1. The Bertz CT molecular complexity index is 1320. The number of anilines is 1. The van der Waals surface area contributed by atoms with Gasteiger partial charge in [0.1, 0.15) is 5.82 Å². The number of aryl methyl sites for hydroxylation is 1. The maximum Gasteiger partial charge on any atom is 0.334 e.